The minimum absolute atomic E-state index is 0.244. The van der Waals surface area contributed by atoms with Gasteiger partial charge in [0.2, 0.25) is 0 Å². The zero-order valence-electron chi connectivity index (χ0n) is 14.5. The summed E-state index contributed by atoms with van der Waals surface area (Å²) in [5, 5.41) is 23.5. The molecule has 1 N–H and O–H groups in total. The molecule has 0 saturated heterocycles. The lowest BCUT2D eigenvalue weighted by Gasteiger charge is -2.08. The summed E-state index contributed by atoms with van der Waals surface area (Å²) in [6.45, 7) is 2.20. The van der Waals surface area contributed by atoms with Crippen LogP contribution in [0.4, 0.5) is 0 Å². The molecule has 0 amide bonds. The summed E-state index contributed by atoms with van der Waals surface area (Å²) >= 11 is 0. The number of hydrogen-bond donors (Lipinski definition) is 1. The Labute approximate surface area is 155 Å². The van der Waals surface area contributed by atoms with E-state index in [0.29, 0.717) is 23.8 Å². The van der Waals surface area contributed by atoms with Crippen LogP contribution in [-0.4, -0.2) is 20.6 Å². The molecule has 4 rings (SSSR count). The summed E-state index contributed by atoms with van der Waals surface area (Å²) in [7, 11) is 0. The molecular weight excluding hydrogens is 342 g/mol. The third kappa shape index (κ3) is 3.28. The first-order chi connectivity index (χ1) is 13.3. The van der Waals surface area contributed by atoms with Crippen LogP contribution in [0.3, 0.4) is 0 Å². The van der Waals surface area contributed by atoms with Crippen LogP contribution in [0.25, 0.3) is 22.6 Å². The van der Waals surface area contributed by atoms with Crippen LogP contribution < -0.4 is 4.74 Å². The van der Waals surface area contributed by atoms with Crippen LogP contribution in [0, 0.1) is 18.3 Å². The fourth-order valence-corrected chi connectivity index (χ4v) is 2.77. The molecule has 0 aliphatic heterocycles. The summed E-state index contributed by atoms with van der Waals surface area (Å²) in [5.74, 6) is 1.35. The van der Waals surface area contributed by atoms with Gasteiger partial charge in [-0.15, -0.1) is 5.10 Å². The second-order valence-electron chi connectivity index (χ2n) is 5.89. The monoisotopic (exact) mass is 357 g/mol. The van der Waals surface area contributed by atoms with Crippen LogP contribution in [0.2, 0.25) is 0 Å². The molecule has 132 valence electrons. The second-order valence-corrected chi connectivity index (χ2v) is 5.89. The van der Waals surface area contributed by atoms with Crippen molar-refractivity contribution in [3.05, 3.63) is 71.5 Å². The van der Waals surface area contributed by atoms with Gasteiger partial charge in [-0.05, 0) is 19.1 Å². The number of nitriles is 1. The molecule has 0 unspecified atom stereocenters. The Kier molecular flexibility index (Phi) is 4.37. The highest BCUT2D eigenvalue weighted by Crippen LogP contribution is 2.28. The van der Waals surface area contributed by atoms with E-state index in [2.05, 4.69) is 20.6 Å². The third-order valence-corrected chi connectivity index (χ3v) is 4.17. The van der Waals surface area contributed by atoms with Gasteiger partial charge in [0.25, 0.3) is 0 Å². The van der Waals surface area contributed by atoms with E-state index < -0.39 is 0 Å². The number of aromatic nitrogens is 4. The first-order valence-electron chi connectivity index (χ1n) is 8.31. The minimum Gasteiger partial charge on any atom is -0.489 e. The van der Waals surface area contributed by atoms with Gasteiger partial charge >= 0.3 is 0 Å². The first-order valence-corrected chi connectivity index (χ1v) is 8.31. The molecule has 0 atom stereocenters. The summed E-state index contributed by atoms with van der Waals surface area (Å²) in [5.41, 5.74) is 4.12. The van der Waals surface area contributed by atoms with Crippen molar-refractivity contribution in [2.75, 3.05) is 0 Å². The summed E-state index contributed by atoms with van der Waals surface area (Å²) in [6.07, 6.45) is 0. The fourth-order valence-electron chi connectivity index (χ4n) is 2.77. The van der Waals surface area contributed by atoms with Crippen LogP contribution in [0.15, 0.2) is 59.1 Å². The molecule has 4 aromatic rings. The van der Waals surface area contributed by atoms with Crippen molar-refractivity contribution in [1.29, 1.82) is 5.26 Å². The predicted octanol–water partition coefficient (Wildman–Crippen LogP) is 3.89. The maximum Gasteiger partial charge on any atom is 0.190 e. The van der Waals surface area contributed by atoms with Gasteiger partial charge in [0.05, 0.1) is 11.3 Å². The van der Waals surface area contributed by atoms with Crippen molar-refractivity contribution in [1.82, 2.24) is 20.6 Å². The zero-order valence-corrected chi connectivity index (χ0v) is 14.5. The van der Waals surface area contributed by atoms with Gasteiger partial charge < -0.3 is 9.26 Å². The van der Waals surface area contributed by atoms with E-state index in [1.54, 1.807) is 0 Å². The van der Waals surface area contributed by atoms with Crippen LogP contribution in [0.5, 0.6) is 5.75 Å². The molecule has 2 heterocycles. The Morgan fingerprint density at radius 3 is 2.70 bits per heavy atom. The number of benzene rings is 2. The number of aromatic amines is 1. The average molecular weight is 357 g/mol. The highest BCUT2D eigenvalue weighted by Gasteiger charge is 2.16. The quantitative estimate of drug-likeness (QED) is 0.581. The lowest BCUT2D eigenvalue weighted by atomic mass is 10.1. The molecule has 0 radical (unpaired) electrons. The van der Waals surface area contributed by atoms with Crippen molar-refractivity contribution in [2.45, 2.75) is 13.5 Å². The van der Waals surface area contributed by atoms with E-state index >= 15 is 0 Å². The second kappa shape index (κ2) is 7.14. The van der Waals surface area contributed by atoms with Crippen molar-refractivity contribution in [2.24, 2.45) is 0 Å². The SMILES string of the molecule is Cc1noc(-c2ccccc2)c1COc1cccc(-c2n[nH]nc2C#N)c1. The van der Waals surface area contributed by atoms with Gasteiger partial charge in [-0.25, -0.2) is 0 Å². The Balaban J connectivity index is 1.58. The van der Waals surface area contributed by atoms with Gasteiger partial charge in [0, 0.05) is 11.1 Å². The van der Waals surface area contributed by atoms with Crippen molar-refractivity contribution in [3.63, 3.8) is 0 Å². The highest BCUT2D eigenvalue weighted by molar-refractivity contribution is 5.65. The summed E-state index contributed by atoms with van der Waals surface area (Å²) < 4.78 is 11.5. The van der Waals surface area contributed by atoms with E-state index in [0.717, 1.165) is 22.4 Å². The lowest BCUT2D eigenvalue weighted by Crippen LogP contribution is -1.98. The van der Waals surface area contributed by atoms with E-state index in [4.69, 9.17) is 14.5 Å². The maximum absolute atomic E-state index is 9.11. The highest BCUT2D eigenvalue weighted by atomic mass is 16.5. The van der Waals surface area contributed by atoms with E-state index in [1.165, 1.54) is 0 Å². The van der Waals surface area contributed by atoms with Gasteiger partial charge in [0.15, 0.2) is 11.5 Å². The number of nitrogens with zero attached hydrogens (tertiary/aromatic N) is 4. The fraction of sp³-hybridized carbons (Fsp3) is 0.100. The summed E-state index contributed by atoms with van der Waals surface area (Å²) in [6, 6.07) is 19.2. The third-order valence-electron chi connectivity index (χ3n) is 4.17. The zero-order chi connectivity index (χ0) is 18.6. The van der Waals surface area contributed by atoms with Gasteiger partial charge in [-0.1, -0.05) is 47.6 Å². The largest absolute Gasteiger partial charge is 0.489 e. The minimum atomic E-state index is 0.244. The number of rotatable bonds is 5. The lowest BCUT2D eigenvalue weighted by molar-refractivity contribution is 0.305. The molecule has 7 nitrogen and oxygen atoms in total. The van der Waals surface area contributed by atoms with Crippen molar-refractivity contribution < 1.29 is 9.26 Å². The first kappa shape index (κ1) is 16.5. The number of aryl methyl sites for hydroxylation is 1. The van der Waals surface area contributed by atoms with E-state index in [1.807, 2.05) is 67.6 Å². The molecule has 2 aromatic heterocycles. The molecule has 0 spiro atoms. The maximum atomic E-state index is 9.11. The van der Waals surface area contributed by atoms with Gasteiger partial charge in [0.1, 0.15) is 24.1 Å². The van der Waals surface area contributed by atoms with E-state index in [-0.39, 0.29) is 5.69 Å². The molecule has 7 heteroatoms. The molecule has 0 aliphatic carbocycles. The molecule has 0 aliphatic rings. The smallest absolute Gasteiger partial charge is 0.190 e. The molecular formula is C20H15N5O2. The molecule has 0 saturated carbocycles. The predicted molar refractivity (Wildman–Crippen MR) is 97.5 cm³/mol. The molecule has 0 fully saturated rings. The van der Waals surface area contributed by atoms with Crippen LogP contribution in [0.1, 0.15) is 17.0 Å². The van der Waals surface area contributed by atoms with Gasteiger partial charge in [-0.2, -0.15) is 15.6 Å². The Morgan fingerprint density at radius 2 is 1.89 bits per heavy atom. The van der Waals surface area contributed by atoms with Gasteiger partial charge in [-0.3, -0.25) is 0 Å². The topological polar surface area (TPSA) is 101 Å². The summed E-state index contributed by atoms with van der Waals surface area (Å²) in [4.78, 5) is 0. The Bertz CT molecular complexity index is 1110. The number of H-pyrrole nitrogens is 1. The number of ether oxygens (including phenoxy) is 1. The standard InChI is InChI=1S/C20H15N5O2/c1-13-17(20(27-24-13)14-6-3-2-4-7-14)12-26-16-9-5-8-15(10-16)19-18(11-21)22-25-23-19/h2-10H,12H2,1H3,(H,22,23,25). The number of hydrogen-bond acceptors (Lipinski definition) is 6. The Morgan fingerprint density at radius 1 is 1.07 bits per heavy atom. The molecule has 0 bridgehead atoms. The Hall–Kier alpha value is -3.92. The van der Waals surface area contributed by atoms with E-state index in [9.17, 15) is 0 Å². The van der Waals surface area contributed by atoms with Crippen LogP contribution in [-0.2, 0) is 6.61 Å². The number of nitrogens with one attached hydrogen (secondary N) is 1. The van der Waals surface area contributed by atoms with Crippen molar-refractivity contribution in [3.8, 4) is 34.4 Å². The average Bonchev–Trinajstić information content (AvgIpc) is 3.34. The van der Waals surface area contributed by atoms with Crippen molar-refractivity contribution >= 4 is 0 Å². The normalized spacial score (nSPS) is 10.5. The molecule has 2 aromatic carbocycles. The van der Waals surface area contributed by atoms with Crippen LogP contribution >= 0.6 is 0 Å². The molecule has 27 heavy (non-hydrogen) atoms.